The van der Waals surface area contributed by atoms with Crippen molar-refractivity contribution in [2.24, 2.45) is 0 Å². The van der Waals surface area contributed by atoms with E-state index >= 15 is 0 Å². The summed E-state index contributed by atoms with van der Waals surface area (Å²) in [4.78, 5) is 64.6. The third kappa shape index (κ3) is 9.59. The van der Waals surface area contributed by atoms with Crippen molar-refractivity contribution in [3.05, 3.63) is 299 Å². The molecule has 404 valence electrons. The van der Waals surface area contributed by atoms with Gasteiger partial charge in [-0.25, -0.2) is 14.2 Å². The predicted octanol–water partition coefficient (Wildman–Crippen LogP) is 13.4. The van der Waals surface area contributed by atoms with Crippen molar-refractivity contribution < 1.29 is 23.9 Å². The van der Waals surface area contributed by atoms with Crippen molar-refractivity contribution in [3.8, 4) is 22.5 Å². The number of aryl methyl sites for hydroxylation is 2. The van der Waals surface area contributed by atoms with Crippen LogP contribution < -0.4 is 10.6 Å². The molecule has 0 saturated heterocycles. The smallest absolute Gasteiger partial charge is 0.340 e. The number of hydrogen-bond donors (Lipinski definition) is 2. The summed E-state index contributed by atoms with van der Waals surface area (Å²) in [7, 11) is 0. The molecular weight excluding hydrogens is 1030 g/mol. The molecule has 13 heteroatoms. The van der Waals surface area contributed by atoms with E-state index in [0.717, 1.165) is 55.9 Å². The first-order valence-corrected chi connectivity index (χ1v) is 27.1. The third-order valence-corrected chi connectivity index (χ3v) is 15.1. The number of rotatable bonds is 16. The molecule has 0 saturated carbocycles. The van der Waals surface area contributed by atoms with Crippen LogP contribution in [0.2, 0.25) is 0 Å². The molecule has 0 aliphatic carbocycles. The summed E-state index contributed by atoms with van der Waals surface area (Å²) in [5.41, 5.74) is 9.05. The number of aldehydes is 1. The lowest BCUT2D eigenvalue weighted by molar-refractivity contribution is -0.119. The van der Waals surface area contributed by atoms with Gasteiger partial charge >= 0.3 is 5.97 Å². The van der Waals surface area contributed by atoms with Gasteiger partial charge in [-0.3, -0.25) is 24.4 Å². The molecular formula is C70H54N8O5. The van der Waals surface area contributed by atoms with Crippen molar-refractivity contribution >= 4 is 57.3 Å². The SMILES string of the molecule is CC(=O)Nc1cc2c(cc1C(=O)OCC(=O)Nc1cc3c(cc1C=O)c(-c1ccnc(C)c1)nn3C(c1ccccc1)(c1ccccc1)c1ccccc1)c(-c1ccnc(C)c1)nn2C(c1ccccc1)(c1ccccc1)c1ccccc1. The molecule has 83 heavy (non-hydrogen) atoms. The number of pyridine rings is 2. The van der Waals surface area contributed by atoms with Gasteiger partial charge in [0.05, 0.1) is 28.0 Å². The number of nitrogens with one attached hydrogen (secondary N) is 2. The van der Waals surface area contributed by atoms with Crippen molar-refractivity contribution in [1.82, 2.24) is 29.5 Å². The van der Waals surface area contributed by atoms with Gasteiger partial charge in [-0.2, -0.15) is 10.2 Å². The highest BCUT2D eigenvalue weighted by atomic mass is 16.5. The molecule has 0 spiro atoms. The minimum absolute atomic E-state index is 0.0198. The molecule has 2 N–H and O–H groups in total. The number of benzene rings is 8. The summed E-state index contributed by atoms with van der Waals surface area (Å²) < 4.78 is 9.83. The fraction of sp³-hybridized carbons (Fsp3) is 0.0857. The quantitative estimate of drug-likeness (QED) is 0.0545. The lowest BCUT2D eigenvalue weighted by atomic mass is 9.77. The number of amides is 2. The number of fused-ring (bicyclic) bond motifs is 2. The second-order valence-corrected chi connectivity index (χ2v) is 20.3. The van der Waals surface area contributed by atoms with Crippen molar-refractivity contribution in [1.29, 1.82) is 0 Å². The van der Waals surface area contributed by atoms with Crippen molar-refractivity contribution in [3.63, 3.8) is 0 Å². The maximum atomic E-state index is 14.8. The van der Waals surface area contributed by atoms with Gasteiger partial charge in [0.15, 0.2) is 12.9 Å². The molecule has 0 aliphatic rings. The Hall–Kier alpha value is -10.9. The van der Waals surface area contributed by atoms with E-state index < -0.39 is 35.5 Å². The third-order valence-electron chi connectivity index (χ3n) is 15.1. The number of nitrogens with zero attached hydrogens (tertiary/aromatic N) is 6. The van der Waals surface area contributed by atoms with E-state index in [1.54, 1.807) is 36.7 Å². The van der Waals surface area contributed by atoms with Gasteiger partial charge in [0.1, 0.15) is 22.5 Å². The summed E-state index contributed by atoms with van der Waals surface area (Å²) >= 11 is 0. The Labute approximate surface area is 478 Å². The number of carbonyl (C=O) groups excluding carboxylic acids is 4. The van der Waals surface area contributed by atoms with Gasteiger partial charge in [-0.15, -0.1) is 0 Å². The minimum atomic E-state index is -1.09. The first-order chi connectivity index (χ1) is 40.6. The van der Waals surface area contributed by atoms with Crippen LogP contribution in [-0.4, -0.2) is 60.2 Å². The lowest BCUT2D eigenvalue weighted by Crippen LogP contribution is -2.38. The van der Waals surface area contributed by atoms with Crippen LogP contribution in [0.25, 0.3) is 44.3 Å². The first-order valence-electron chi connectivity index (χ1n) is 27.1. The number of anilines is 2. The molecule has 8 aromatic carbocycles. The van der Waals surface area contributed by atoms with Crippen LogP contribution in [0.3, 0.4) is 0 Å². The molecule has 4 heterocycles. The molecule has 12 rings (SSSR count). The standard InChI is InChI=1S/C70H54N8O5/c1-46-38-49(34-36-71-46)66-59-40-51(44-79)61(42-63(59)77(75-66)69(52-22-10-4-11-23-52,53-24-12-5-13-25-53)54-26-14-6-15-27-54)74-65(81)45-83-68(82)58-41-60-64(43-62(58)73-48(3)80)78(76-67(60)50-35-37-72-47(2)39-50)70(55-28-16-7-17-29-55,56-30-18-8-19-31-56)57-32-20-9-21-33-57/h4-44H,45H2,1-3H3,(H,73,80)(H,74,81). The van der Waals surface area contributed by atoms with Crippen LogP contribution >= 0.6 is 0 Å². The average Bonchev–Trinajstić information content (AvgIpc) is 2.08. The van der Waals surface area contributed by atoms with Crippen LogP contribution in [0.4, 0.5) is 11.4 Å². The van der Waals surface area contributed by atoms with E-state index in [2.05, 4.69) is 93.4 Å². The first kappa shape index (κ1) is 52.8. The van der Waals surface area contributed by atoms with Gasteiger partial charge in [0, 0.05) is 58.2 Å². The zero-order valence-corrected chi connectivity index (χ0v) is 45.6. The number of carbonyl (C=O) groups is 4. The molecule has 0 bridgehead atoms. The summed E-state index contributed by atoms with van der Waals surface area (Å²) in [6, 6.07) is 74.9. The molecule has 0 radical (unpaired) electrons. The molecule has 12 aromatic rings. The summed E-state index contributed by atoms with van der Waals surface area (Å²) in [6.45, 7) is 4.40. The van der Waals surface area contributed by atoms with Crippen LogP contribution in [0.1, 0.15) is 72.4 Å². The Morgan fingerprint density at radius 1 is 0.482 bits per heavy atom. The molecule has 13 nitrogen and oxygen atoms in total. The number of esters is 1. The predicted molar refractivity (Wildman–Crippen MR) is 323 cm³/mol. The Balaban J connectivity index is 0.975. The molecule has 2 amide bonds. The van der Waals surface area contributed by atoms with Gasteiger partial charge in [-0.05, 0) is 95.8 Å². The topological polar surface area (TPSA) is 163 Å². The van der Waals surface area contributed by atoms with E-state index in [-0.39, 0.29) is 22.5 Å². The van der Waals surface area contributed by atoms with E-state index in [4.69, 9.17) is 14.9 Å². The number of ether oxygens (including phenoxy) is 1. The van der Waals surface area contributed by atoms with E-state index in [1.807, 2.05) is 157 Å². The fourth-order valence-electron chi connectivity index (χ4n) is 11.5. The van der Waals surface area contributed by atoms with Crippen molar-refractivity contribution in [2.75, 3.05) is 17.2 Å². The Kier molecular flexibility index (Phi) is 14.2. The van der Waals surface area contributed by atoms with Crippen LogP contribution in [-0.2, 0) is 25.4 Å². The largest absolute Gasteiger partial charge is 0.452 e. The summed E-state index contributed by atoms with van der Waals surface area (Å²) in [5, 5.41) is 18.0. The van der Waals surface area contributed by atoms with E-state index in [9.17, 15) is 19.2 Å². The monoisotopic (exact) mass is 1090 g/mol. The van der Waals surface area contributed by atoms with Gasteiger partial charge in [0.2, 0.25) is 5.91 Å². The molecule has 0 atom stereocenters. The zero-order chi connectivity index (χ0) is 57.1. The van der Waals surface area contributed by atoms with Gasteiger partial charge < -0.3 is 15.4 Å². The highest BCUT2D eigenvalue weighted by Crippen LogP contribution is 2.47. The average molecular weight is 1090 g/mol. The maximum Gasteiger partial charge on any atom is 0.340 e. The van der Waals surface area contributed by atoms with Gasteiger partial charge in [0.25, 0.3) is 5.91 Å². The Morgan fingerprint density at radius 2 is 0.855 bits per heavy atom. The van der Waals surface area contributed by atoms with E-state index in [0.29, 0.717) is 39.5 Å². The molecule has 0 aliphatic heterocycles. The molecule has 0 fully saturated rings. The molecule has 0 unspecified atom stereocenters. The maximum absolute atomic E-state index is 14.8. The highest BCUT2D eigenvalue weighted by molar-refractivity contribution is 6.09. The summed E-state index contributed by atoms with van der Waals surface area (Å²) in [6.07, 6.45) is 4.12. The van der Waals surface area contributed by atoms with Crippen LogP contribution in [0.5, 0.6) is 0 Å². The lowest BCUT2D eigenvalue weighted by Gasteiger charge is -2.37. The highest BCUT2D eigenvalue weighted by Gasteiger charge is 2.43. The summed E-state index contributed by atoms with van der Waals surface area (Å²) in [5.74, 6) is -2.06. The Morgan fingerprint density at radius 3 is 1.22 bits per heavy atom. The van der Waals surface area contributed by atoms with Crippen LogP contribution in [0, 0.1) is 13.8 Å². The zero-order valence-electron chi connectivity index (χ0n) is 45.6. The molecule has 4 aromatic heterocycles. The second-order valence-electron chi connectivity index (χ2n) is 20.3. The van der Waals surface area contributed by atoms with Crippen LogP contribution in [0.15, 0.2) is 243 Å². The fourth-order valence-corrected chi connectivity index (χ4v) is 11.5. The Bertz CT molecular complexity index is 4190. The normalized spacial score (nSPS) is 11.6. The van der Waals surface area contributed by atoms with Crippen molar-refractivity contribution in [2.45, 2.75) is 31.8 Å². The number of aromatic nitrogens is 6. The minimum Gasteiger partial charge on any atom is -0.452 e. The van der Waals surface area contributed by atoms with E-state index in [1.165, 1.54) is 6.92 Å². The second kappa shape index (κ2) is 22.3. The number of hydrogen-bond acceptors (Lipinski definition) is 9. The van der Waals surface area contributed by atoms with Gasteiger partial charge in [-0.1, -0.05) is 182 Å².